The predicted octanol–water partition coefficient (Wildman–Crippen LogP) is 5.11. The largest absolute Gasteiger partial charge is 0.480 e. The molecule has 24 heavy (non-hydrogen) atoms. The van der Waals surface area contributed by atoms with Gasteiger partial charge in [-0.15, -0.1) is 0 Å². The lowest BCUT2D eigenvalue weighted by molar-refractivity contribution is -0.144. The first-order valence-corrected chi connectivity index (χ1v) is 8.09. The Bertz CT molecular complexity index is 777. The lowest BCUT2D eigenvalue weighted by Gasteiger charge is -2.09. The molecule has 0 fully saturated rings. The lowest BCUT2D eigenvalue weighted by atomic mass is 10.1. The second-order valence-corrected chi connectivity index (χ2v) is 6.24. The summed E-state index contributed by atoms with van der Waals surface area (Å²) < 4.78 is 10.1. The van der Waals surface area contributed by atoms with Crippen LogP contribution in [0.5, 0.6) is 5.75 Å². The Morgan fingerprint density at radius 1 is 0.875 bits per heavy atom. The van der Waals surface area contributed by atoms with Gasteiger partial charge in [0.05, 0.1) is 15.1 Å². The molecule has 0 aliphatic heterocycles. The van der Waals surface area contributed by atoms with E-state index in [0.29, 0.717) is 10.6 Å². The van der Waals surface area contributed by atoms with E-state index in [1.807, 2.05) is 0 Å². The molecule has 4 nitrogen and oxygen atoms in total. The average Bonchev–Trinajstić information content (AvgIpc) is 2.54. The van der Waals surface area contributed by atoms with Crippen molar-refractivity contribution >= 4 is 58.2 Å². The van der Waals surface area contributed by atoms with Gasteiger partial charge in [-0.1, -0.05) is 58.5 Å². The Morgan fingerprint density at radius 2 is 1.58 bits per heavy atom. The van der Waals surface area contributed by atoms with Crippen molar-refractivity contribution in [1.29, 1.82) is 0 Å². The summed E-state index contributed by atoms with van der Waals surface area (Å²) in [5.74, 6) is -0.921. The number of rotatable bonds is 6. The van der Waals surface area contributed by atoms with Crippen LogP contribution in [0, 0.1) is 0 Å². The Labute approximate surface area is 158 Å². The van der Waals surface area contributed by atoms with E-state index >= 15 is 0 Å². The van der Waals surface area contributed by atoms with Gasteiger partial charge >= 0.3 is 5.97 Å². The van der Waals surface area contributed by atoms with Crippen LogP contribution in [0.25, 0.3) is 0 Å². The summed E-state index contributed by atoms with van der Waals surface area (Å²) in [5, 5.41) is 1.13. The third kappa shape index (κ3) is 5.28. The molecule has 0 aromatic heterocycles. The maximum Gasteiger partial charge on any atom is 0.344 e. The van der Waals surface area contributed by atoms with Gasteiger partial charge in [-0.05, 0) is 18.2 Å². The average molecular weight is 408 g/mol. The highest BCUT2D eigenvalue weighted by Gasteiger charge is 2.13. The molecule has 0 saturated carbocycles. The van der Waals surface area contributed by atoms with Crippen LogP contribution in [-0.4, -0.2) is 25.0 Å². The molecule has 0 saturated heterocycles. The van der Waals surface area contributed by atoms with E-state index in [1.165, 1.54) is 18.2 Å². The molecule has 2 aromatic carbocycles. The minimum Gasteiger partial charge on any atom is -0.480 e. The van der Waals surface area contributed by atoms with Crippen molar-refractivity contribution in [2.75, 3.05) is 13.2 Å². The maximum atomic E-state index is 11.9. The number of ether oxygens (including phenoxy) is 2. The van der Waals surface area contributed by atoms with Crippen LogP contribution >= 0.6 is 46.4 Å². The smallest absolute Gasteiger partial charge is 0.344 e. The molecular weight excluding hydrogens is 398 g/mol. The number of Topliss-reactive ketones (excluding diaryl/α,β-unsaturated/α-hetero) is 1. The first-order chi connectivity index (χ1) is 11.4. The zero-order valence-electron chi connectivity index (χ0n) is 12.0. The Morgan fingerprint density at radius 3 is 2.29 bits per heavy atom. The normalized spacial score (nSPS) is 10.3. The molecule has 0 aliphatic rings. The van der Waals surface area contributed by atoms with Crippen LogP contribution in [0.15, 0.2) is 36.4 Å². The number of esters is 1. The third-order valence-electron chi connectivity index (χ3n) is 2.83. The fraction of sp³-hybridized carbons (Fsp3) is 0.125. The van der Waals surface area contributed by atoms with Gasteiger partial charge in [-0.3, -0.25) is 4.79 Å². The summed E-state index contributed by atoms with van der Waals surface area (Å²) in [4.78, 5) is 23.5. The molecule has 0 unspecified atom stereocenters. The van der Waals surface area contributed by atoms with Crippen LogP contribution in [0.2, 0.25) is 20.1 Å². The molecule has 2 rings (SSSR count). The molecular formula is C16H10Cl4O4. The third-order valence-corrected chi connectivity index (χ3v) is 4.08. The Balaban J connectivity index is 1.86. The molecule has 0 aliphatic carbocycles. The highest BCUT2D eigenvalue weighted by molar-refractivity contribution is 6.43. The van der Waals surface area contributed by atoms with Crippen molar-refractivity contribution in [3.63, 3.8) is 0 Å². The summed E-state index contributed by atoms with van der Waals surface area (Å²) in [6.07, 6.45) is 0. The van der Waals surface area contributed by atoms with Gasteiger partial charge in [0.25, 0.3) is 0 Å². The maximum absolute atomic E-state index is 11.9. The van der Waals surface area contributed by atoms with Gasteiger partial charge in [0.1, 0.15) is 5.75 Å². The first-order valence-electron chi connectivity index (χ1n) is 6.58. The van der Waals surface area contributed by atoms with Crippen LogP contribution in [0.1, 0.15) is 10.4 Å². The SMILES string of the molecule is O=C(COc1cc(Cl)c(Cl)cc1Cl)OCC(=O)c1cccc(Cl)c1. The number of hydrogen-bond acceptors (Lipinski definition) is 4. The molecule has 0 N–H and O–H groups in total. The van der Waals surface area contributed by atoms with Crippen LogP contribution in [-0.2, 0) is 9.53 Å². The predicted molar refractivity (Wildman–Crippen MR) is 93.7 cm³/mol. The van der Waals surface area contributed by atoms with Crippen molar-refractivity contribution < 1.29 is 19.1 Å². The summed E-state index contributed by atoms with van der Waals surface area (Å²) in [7, 11) is 0. The van der Waals surface area contributed by atoms with Crippen molar-refractivity contribution in [2.45, 2.75) is 0 Å². The van der Waals surface area contributed by atoms with E-state index < -0.39 is 19.2 Å². The Kier molecular flexibility index (Phi) is 6.75. The van der Waals surface area contributed by atoms with E-state index in [-0.39, 0.29) is 26.6 Å². The highest BCUT2D eigenvalue weighted by atomic mass is 35.5. The Hall–Kier alpha value is -1.46. The summed E-state index contributed by atoms with van der Waals surface area (Å²) in [6, 6.07) is 9.12. The van der Waals surface area contributed by atoms with E-state index in [2.05, 4.69) is 0 Å². The molecule has 2 aromatic rings. The summed E-state index contributed by atoms with van der Waals surface area (Å²) in [6.45, 7) is -0.849. The number of benzene rings is 2. The van der Waals surface area contributed by atoms with Crippen molar-refractivity contribution in [2.24, 2.45) is 0 Å². The van der Waals surface area contributed by atoms with Crippen LogP contribution in [0.4, 0.5) is 0 Å². The number of hydrogen-bond donors (Lipinski definition) is 0. The monoisotopic (exact) mass is 406 g/mol. The molecule has 0 radical (unpaired) electrons. The molecule has 126 valence electrons. The summed E-state index contributed by atoms with van der Waals surface area (Å²) in [5.41, 5.74) is 0.351. The minimum absolute atomic E-state index is 0.184. The highest BCUT2D eigenvalue weighted by Crippen LogP contribution is 2.33. The fourth-order valence-electron chi connectivity index (χ4n) is 1.68. The fourth-order valence-corrected chi connectivity index (χ4v) is 2.47. The van der Waals surface area contributed by atoms with Gasteiger partial charge in [0.2, 0.25) is 0 Å². The molecule has 0 heterocycles. The zero-order chi connectivity index (χ0) is 17.7. The van der Waals surface area contributed by atoms with Gasteiger partial charge in [-0.2, -0.15) is 0 Å². The number of carbonyl (C=O) groups excluding carboxylic acids is 2. The topological polar surface area (TPSA) is 52.6 Å². The van der Waals surface area contributed by atoms with Crippen molar-refractivity contribution in [3.8, 4) is 5.75 Å². The van der Waals surface area contributed by atoms with Crippen molar-refractivity contribution in [3.05, 3.63) is 62.1 Å². The number of carbonyl (C=O) groups is 2. The van der Waals surface area contributed by atoms with E-state index in [1.54, 1.807) is 18.2 Å². The lowest BCUT2D eigenvalue weighted by Crippen LogP contribution is -2.19. The molecule has 0 spiro atoms. The van der Waals surface area contributed by atoms with E-state index in [0.717, 1.165) is 0 Å². The van der Waals surface area contributed by atoms with Gasteiger partial charge in [0, 0.05) is 16.7 Å². The minimum atomic E-state index is -0.729. The second kappa shape index (κ2) is 8.58. The quantitative estimate of drug-likeness (QED) is 0.379. The van der Waals surface area contributed by atoms with E-state index in [9.17, 15) is 9.59 Å². The summed E-state index contributed by atoms with van der Waals surface area (Å²) >= 11 is 23.3. The first kappa shape index (κ1) is 18.9. The number of halogens is 4. The molecule has 0 bridgehead atoms. The molecule has 0 atom stereocenters. The van der Waals surface area contributed by atoms with Crippen LogP contribution in [0.3, 0.4) is 0 Å². The van der Waals surface area contributed by atoms with Crippen molar-refractivity contribution in [1.82, 2.24) is 0 Å². The molecule has 8 heteroatoms. The standard InChI is InChI=1S/C16H10Cl4O4/c17-10-3-1-2-9(4-10)14(21)7-24-16(22)8-23-15-6-12(19)11(18)5-13(15)20/h1-6H,7-8H2. The molecule has 0 amide bonds. The second-order valence-electron chi connectivity index (χ2n) is 4.58. The van der Waals surface area contributed by atoms with Gasteiger partial charge in [-0.25, -0.2) is 4.79 Å². The van der Waals surface area contributed by atoms with E-state index in [4.69, 9.17) is 55.9 Å². The zero-order valence-corrected chi connectivity index (χ0v) is 15.0. The van der Waals surface area contributed by atoms with Gasteiger partial charge < -0.3 is 9.47 Å². The van der Waals surface area contributed by atoms with Gasteiger partial charge in [0.15, 0.2) is 19.0 Å². The number of ketones is 1. The van der Waals surface area contributed by atoms with Crippen LogP contribution < -0.4 is 4.74 Å².